The van der Waals surface area contributed by atoms with E-state index in [0.717, 1.165) is 18.3 Å². The molecule has 0 aliphatic carbocycles. The molecule has 0 N–H and O–H groups in total. The van der Waals surface area contributed by atoms with Gasteiger partial charge in [-0.05, 0) is 24.3 Å². The number of aromatic nitrogens is 1. The lowest BCUT2D eigenvalue weighted by molar-refractivity contribution is -0.141. The Labute approximate surface area is 117 Å². The monoisotopic (exact) mass is 292 g/mol. The van der Waals surface area contributed by atoms with Crippen molar-refractivity contribution in [2.75, 3.05) is 0 Å². The molecule has 106 valence electrons. The lowest BCUT2D eigenvalue weighted by Gasteiger charge is -2.09. The van der Waals surface area contributed by atoms with Crippen LogP contribution in [0.4, 0.5) is 18.9 Å². The molecule has 7 heteroatoms. The van der Waals surface area contributed by atoms with Gasteiger partial charge in [-0.25, -0.2) is 9.83 Å². The maximum atomic E-state index is 12.4. The molecule has 0 aliphatic rings. The van der Waals surface area contributed by atoms with E-state index in [1.807, 2.05) is 0 Å². The number of benzene rings is 1. The van der Waals surface area contributed by atoms with E-state index in [-0.39, 0.29) is 17.2 Å². The highest BCUT2D eigenvalue weighted by molar-refractivity contribution is 5.79. The highest BCUT2D eigenvalue weighted by atomic mass is 19.4. The van der Waals surface area contributed by atoms with Gasteiger partial charge in [-0.2, -0.15) is 13.2 Å². The number of hydrogen-bond donors (Lipinski definition) is 0. The van der Waals surface area contributed by atoms with Gasteiger partial charge in [-0.15, -0.1) is 0 Å². The molecule has 1 aromatic carbocycles. The van der Waals surface area contributed by atoms with Gasteiger partial charge in [-0.3, -0.25) is 4.79 Å². The minimum atomic E-state index is -4.52. The van der Waals surface area contributed by atoms with E-state index in [0.29, 0.717) is 11.8 Å². The normalized spacial score (nSPS) is 10.8. The Kier molecular flexibility index (Phi) is 3.89. The molecular formula is C14H7F3N2O2. The molecule has 0 spiro atoms. The average molecular weight is 292 g/mol. The Morgan fingerprint density at radius 3 is 2.52 bits per heavy atom. The van der Waals surface area contributed by atoms with Gasteiger partial charge in [0, 0.05) is 5.56 Å². The third kappa shape index (κ3) is 3.36. The quantitative estimate of drug-likeness (QED) is 0.627. The molecule has 1 aromatic heterocycles. The molecule has 4 nitrogen and oxygen atoms in total. The summed E-state index contributed by atoms with van der Waals surface area (Å²) in [6.45, 7) is 7.00. The summed E-state index contributed by atoms with van der Waals surface area (Å²) < 4.78 is 42.4. The van der Waals surface area contributed by atoms with Crippen molar-refractivity contribution in [3.63, 3.8) is 0 Å². The van der Waals surface area contributed by atoms with E-state index in [9.17, 15) is 18.0 Å². The van der Waals surface area contributed by atoms with Crippen molar-refractivity contribution in [1.29, 1.82) is 0 Å². The van der Waals surface area contributed by atoms with Gasteiger partial charge in [0.05, 0.1) is 12.8 Å². The maximum absolute atomic E-state index is 12.4. The summed E-state index contributed by atoms with van der Waals surface area (Å²) in [6.07, 6.45) is -3.02. The first-order chi connectivity index (χ1) is 9.94. The molecule has 21 heavy (non-hydrogen) atoms. The molecule has 2 rings (SSSR count). The largest absolute Gasteiger partial charge is 0.467 e. The summed E-state index contributed by atoms with van der Waals surface area (Å²) in [5, 5.41) is 0. The lowest BCUT2D eigenvalue weighted by Crippen LogP contribution is -2.07. The van der Waals surface area contributed by atoms with Crippen molar-refractivity contribution in [3.8, 4) is 11.5 Å². The Balaban J connectivity index is 2.26. The number of ether oxygens (including phenoxy) is 1. The predicted molar refractivity (Wildman–Crippen MR) is 67.4 cm³/mol. The molecule has 1 heterocycles. The summed E-state index contributed by atoms with van der Waals surface area (Å²) in [6, 6.07) is 6.06. The second kappa shape index (κ2) is 5.63. The third-order valence-corrected chi connectivity index (χ3v) is 2.49. The standard InChI is InChI=1S/C14H7F3N2O2/c1-18-11-6-9(8-20)2-4-12(11)21-10-3-5-13(19-7-10)14(15,16)17/h2-8H. The zero-order valence-electron chi connectivity index (χ0n) is 10.4. The molecule has 0 radical (unpaired) electrons. The van der Waals surface area contributed by atoms with E-state index in [1.165, 1.54) is 18.2 Å². The molecule has 2 aromatic rings. The Hall–Kier alpha value is -2.88. The van der Waals surface area contributed by atoms with E-state index in [2.05, 4.69) is 9.83 Å². The maximum Gasteiger partial charge on any atom is 0.433 e. The van der Waals surface area contributed by atoms with Gasteiger partial charge in [-0.1, -0.05) is 6.07 Å². The van der Waals surface area contributed by atoms with Crippen molar-refractivity contribution < 1.29 is 22.7 Å². The fourth-order valence-corrected chi connectivity index (χ4v) is 1.52. The zero-order chi connectivity index (χ0) is 15.5. The number of rotatable bonds is 3. The van der Waals surface area contributed by atoms with Crippen LogP contribution in [0, 0.1) is 6.57 Å². The Bertz CT molecular complexity index is 704. The number of carbonyl (C=O) groups is 1. The molecule has 0 saturated carbocycles. The lowest BCUT2D eigenvalue weighted by atomic mass is 10.2. The highest BCUT2D eigenvalue weighted by Crippen LogP contribution is 2.33. The smallest absolute Gasteiger partial charge is 0.433 e. The number of aldehydes is 1. The van der Waals surface area contributed by atoms with Crippen LogP contribution in [0.3, 0.4) is 0 Å². The summed E-state index contributed by atoms with van der Waals surface area (Å²) in [7, 11) is 0. The van der Waals surface area contributed by atoms with Gasteiger partial charge in [0.15, 0.2) is 0 Å². The molecule has 0 atom stereocenters. The van der Waals surface area contributed by atoms with Gasteiger partial charge in [0.25, 0.3) is 0 Å². The van der Waals surface area contributed by atoms with Crippen LogP contribution in [-0.2, 0) is 6.18 Å². The topological polar surface area (TPSA) is 43.5 Å². The molecule has 0 fully saturated rings. The van der Waals surface area contributed by atoms with Gasteiger partial charge >= 0.3 is 6.18 Å². The number of nitrogens with zero attached hydrogens (tertiary/aromatic N) is 2. The van der Waals surface area contributed by atoms with Crippen molar-refractivity contribution in [1.82, 2.24) is 4.98 Å². The minimum Gasteiger partial charge on any atom is -0.467 e. The van der Waals surface area contributed by atoms with Gasteiger partial charge in [0.2, 0.25) is 5.69 Å². The second-order valence-corrected chi connectivity index (χ2v) is 3.94. The van der Waals surface area contributed by atoms with Gasteiger partial charge in [0.1, 0.15) is 23.5 Å². The van der Waals surface area contributed by atoms with Gasteiger partial charge < -0.3 is 4.74 Å². The summed E-state index contributed by atoms with van der Waals surface area (Å²) in [4.78, 5) is 17.1. The summed E-state index contributed by atoms with van der Waals surface area (Å²) in [5.41, 5.74) is -0.644. The number of hydrogen-bond acceptors (Lipinski definition) is 3. The summed E-state index contributed by atoms with van der Waals surface area (Å²) >= 11 is 0. The molecular weight excluding hydrogens is 285 g/mol. The fourth-order valence-electron chi connectivity index (χ4n) is 1.52. The third-order valence-electron chi connectivity index (χ3n) is 2.49. The van der Waals surface area contributed by atoms with Crippen molar-refractivity contribution in [2.45, 2.75) is 6.18 Å². The zero-order valence-corrected chi connectivity index (χ0v) is 10.4. The van der Waals surface area contributed by atoms with Crippen molar-refractivity contribution >= 4 is 12.0 Å². The van der Waals surface area contributed by atoms with E-state index < -0.39 is 11.9 Å². The fraction of sp³-hybridized carbons (Fsp3) is 0.0714. The number of alkyl halides is 3. The predicted octanol–water partition coefficient (Wildman–Crippen LogP) is 4.26. The van der Waals surface area contributed by atoms with Crippen molar-refractivity contribution in [2.24, 2.45) is 0 Å². The molecule has 0 aliphatic heterocycles. The van der Waals surface area contributed by atoms with Crippen molar-refractivity contribution in [3.05, 3.63) is 59.2 Å². The number of pyridine rings is 1. The average Bonchev–Trinajstić information content (AvgIpc) is 2.47. The second-order valence-electron chi connectivity index (χ2n) is 3.94. The number of carbonyl (C=O) groups excluding carboxylic acids is 1. The Morgan fingerprint density at radius 2 is 2.00 bits per heavy atom. The summed E-state index contributed by atoms with van der Waals surface area (Å²) in [5.74, 6) is 0.198. The first kappa shape index (κ1) is 14.5. The molecule has 0 saturated heterocycles. The van der Waals surface area contributed by atoms with Crippen LogP contribution in [0.1, 0.15) is 16.1 Å². The first-order valence-electron chi connectivity index (χ1n) is 5.62. The van der Waals surface area contributed by atoms with Crippen LogP contribution in [0.15, 0.2) is 36.5 Å². The Morgan fingerprint density at radius 1 is 1.24 bits per heavy atom. The SMILES string of the molecule is [C-]#[N+]c1cc(C=O)ccc1Oc1ccc(C(F)(F)F)nc1. The molecule has 0 unspecified atom stereocenters. The van der Waals surface area contributed by atoms with Crippen LogP contribution >= 0.6 is 0 Å². The van der Waals surface area contributed by atoms with E-state index in [4.69, 9.17) is 11.3 Å². The first-order valence-corrected chi connectivity index (χ1v) is 5.62. The van der Waals surface area contributed by atoms with Crippen LogP contribution < -0.4 is 4.74 Å². The number of halogens is 3. The van der Waals surface area contributed by atoms with Crippen LogP contribution in [0.25, 0.3) is 4.85 Å². The van der Waals surface area contributed by atoms with Crippen LogP contribution in [0.2, 0.25) is 0 Å². The molecule has 0 amide bonds. The minimum absolute atomic E-state index is 0.0618. The van der Waals surface area contributed by atoms with E-state index in [1.54, 1.807) is 0 Å². The highest BCUT2D eigenvalue weighted by Gasteiger charge is 2.32. The van der Waals surface area contributed by atoms with E-state index >= 15 is 0 Å². The molecule has 0 bridgehead atoms. The van der Waals surface area contributed by atoms with Crippen LogP contribution in [0.5, 0.6) is 11.5 Å². The van der Waals surface area contributed by atoms with Crippen LogP contribution in [-0.4, -0.2) is 11.3 Å².